The number of nitrogens with one attached hydrogen (secondary N) is 1. The Morgan fingerprint density at radius 3 is 2.45 bits per heavy atom. The molecule has 10 heteroatoms. The summed E-state index contributed by atoms with van der Waals surface area (Å²) in [7, 11) is 0. The Labute approximate surface area is 120 Å². The van der Waals surface area contributed by atoms with E-state index in [1.54, 1.807) is 0 Å². The fourth-order valence-corrected chi connectivity index (χ4v) is 2.23. The Hall–Kier alpha value is -3.56. The van der Waals surface area contributed by atoms with E-state index in [9.17, 15) is 25.0 Å². The van der Waals surface area contributed by atoms with Gasteiger partial charge in [0, 0.05) is 16.8 Å². The molecule has 3 rings (SSSR count). The van der Waals surface area contributed by atoms with Crippen LogP contribution in [-0.2, 0) is 0 Å². The highest BCUT2D eigenvalue weighted by molar-refractivity contribution is 6.12. The van der Waals surface area contributed by atoms with Gasteiger partial charge in [-0.15, -0.1) is 0 Å². The lowest BCUT2D eigenvalue weighted by atomic mass is 10.1. The average Bonchev–Trinajstić information content (AvgIpc) is 2.83. The number of nitrogens with zero attached hydrogens (tertiary/aromatic N) is 3. The van der Waals surface area contributed by atoms with Gasteiger partial charge in [0.2, 0.25) is 0 Å². The maximum absolute atomic E-state index is 11.1. The number of hydrogen-bond acceptors (Lipinski definition) is 6. The van der Waals surface area contributed by atoms with E-state index in [-0.39, 0.29) is 16.6 Å². The summed E-state index contributed by atoms with van der Waals surface area (Å²) >= 11 is 0. The number of carboxylic acid groups (broad SMARTS) is 1. The van der Waals surface area contributed by atoms with E-state index < -0.39 is 27.2 Å². The largest absolute Gasteiger partial charge is 0.477 e. The second-order valence-corrected chi connectivity index (χ2v) is 4.45. The molecule has 0 saturated heterocycles. The van der Waals surface area contributed by atoms with Crippen LogP contribution in [0.5, 0.6) is 0 Å². The fraction of sp³-hybridized carbons (Fsp3) is 0. The Kier molecular flexibility index (Phi) is 2.73. The van der Waals surface area contributed by atoms with Gasteiger partial charge in [-0.2, -0.15) is 0 Å². The minimum atomic E-state index is -1.27. The minimum Gasteiger partial charge on any atom is -0.477 e. The lowest BCUT2D eigenvalue weighted by molar-refractivity contribution is -0.393. The van der Waals surface area contributed by atoms with Crippen molar-refractivity contribution in [2.24, 2.45) is 0 Å². The molecule has 22 heavy (non-hydrogen) atoms. The first-order valence-electron chi connectivity index (χ1n) is 5.86. The molecule has 2 N–H and O–H groups in total. The number of carboxylic acids is 1. The zero-order chi connectivity index (χ0) is 16.0. The van der Waals surface area contributed by atoms with Gasteiger partial charge in [0.25, 0.3) is 11.4 Å². The average molecular weight is 302 g/mol. The fourth-order valence-electron chi connectivity index (χ4n) is 2.23. The molecule has 0 aliphatic rings. The Morgan fingerprint density at radius 2 is 1.86 bits per heavy atom. The van der Waals surface area contributed by atoms with E-state index in [0.29, 0.717) is 10.9 Å². The lowest BCUT2D eigenvalue weighted by Crippen LogP contribution is -1.98. The number of nitro groups is 2. The van der Waals surface area contributed by atoms with Gasteiger partial charge >= 0.3 is 5.97 Å². The van der Waals surface area contributed by atoms with Crippen LogP contribution in [0.2, 0.25) is 0 Å². The van der Waals surface area contributed by atoms with Gasteiger partial charge in [0.1, 0.15) is 11.2 Å². The van der Waals surface area contributed by atoms with Gasteiger partial charge in [-0.1, -0.05) is 0 Å². The number of non-ortho nitro benzene ring substituents is 2. The second kappa shape index (κ2) is 4.48. The molecule has 0 atom stereocenters. The van der Waals surface area contributed by atoms with Gasteiger partial charge in [-0.25, -0.2) is 9.78 Å². The molecule has 0 saturated carbocycles. The summed E-state index contributed by atoms with van der Waals surface area (Å²) in [6.07, 6.45) is 1.22. The number of hydrogen-bond donors (Lipinski definition) is 2. The van der Waals surface area contributed by atoms with Crippen molar-refractivity contribution in [3.05, 3.63) is 50.3 Å². The van der Waals surface area contributed by atoms with E-state index in [1.165, 1.54) is 12.3 Å². The highest BCUT2D eigenvalue weighted by atomic mass is 16.6. The molecule has 0 aliphatic heterocycles. The summed E-state index contributed by atoms with van der Waals surface area (Å²) in [5, 5.41) is 31.5. The van der Waals surface area contributed by atoms with Gasteiger partial charge in [-0.05, 0) is 6.07 Å². The van der Waals surface area contributed by atoms with Crippen LogP contribution < -0.4 is 0 Å². The normalized spacial score (nSPS) is 10.9. The number of aromatic amines is 1. The standard InChI is InChI=1S/C12H6N4O6/c17-12(18)8-3-6-7-1-5(15(19)20)2-10(16(21)22)11(7)14-9(6)4-13-8/h1-4,14H,(H,17,18). The molecule has 110 valence electrons. The van der Waals surface area contributed by atoms with Gasteiger partial charge < -0.3 is 10.1 Å². The topological polar surface area (TPSA) is 152 Å². The molecule has 0 amide bonds. The predicted octanol–water partition coefficient (Wildman–Crippen LogP) is 2.23. The van der Waals surface area contributed by atoms with Crippen LogP contribution in [0.25, 0.3) is 21.8 Å². The summed E-state index contributed by atoms with van der Waals surface area (Å²) in [6, 6.07) is 3.22. The number of H-pyrrole nitrogens is 1. The monoisotopic (exact) mass is 302 g/mol. The maximum Gasteiger partial charge on any atom is 0.354 e. The van der Waals surface area contributed by atoms with Gasteiger partial charge in [0.15, 0.2) is 0 Å². The number of aromatic nitrogens is 2. The SMILES string of the molecule is O=C(O)c1cc2c(cn1)[nH]c1c([N+](=O)[O-])cc([N+](=O)[O-])cc12. The Balaban J connectivity index is 2.47. The first-order valence-corrected chi connectivity index (χ1v) is 5.86. The molecule has 0 aliphatic carbocycles. The molecule has 3 aromatic rings. The third kappa shape index (κ3) is 1.90. The summed E-state index contributed by atoms with van der Waals surface area (Å²) in [5.74, 6) is -1.27. The van der Waals surface area contributed by atoms with Crippen molar-refractivity contribution in [3.63, 3.8) is 0 Å². The number of fused-ring (bicyclic) bond motifs is 3. The van der Waals surface area contributed by atoms with Crippen molar-refractivity contribution < 1.29 is 19.7 Å². The van der Waals surface area contributed by atoms with E-state index >= 15 is 0 Å². The Bertz CT molecular complexity index is 977. The van der Waals surface area contributed by atoms with Crippen molar-refractivity contribution in [1.82, 2.24) is 9.97 Å². The van der Waals surface area contributed by atoms with Gasteiger partial charge in [-0.3, -0.25) is 20.2 Å². The summed E-state index contributed by atoms with van der Waals surface area (Å²) in [6.45, 7) is 0. The number of carbonyl (C=O) groups is 1. The van der Waals surface area contributed by atoms with E-state index in [0.717, 1.165) is 12.1 Å². The van der Waals surface area contributed by atoms with Crippen LogP contribution in [0.3, 0.4) is 0 Å². The number of rotatable bonds is 3. The third-order valence-electron chi connectivity index (χ3n) is 3.18. The molecule has 2 aromatic heterocycles. The maximum atomic E-state index is 11.1. The molecule has 0 fully saturated rings. The molecule has 0 unspecified atom stereocenters. The predicted molar refractivity (Wildman–Crippen MR) is 73.9 cm³/mol. The summed E-state index contributed by atoms with van der Waals surface area (Å²) in [5.41, 5.74) is -0.743. The van der Waals surface area contributed by atoms with Crippen molar-refractivity contribution in [2.45, 2.75) is 0 Å². The van der Waals surface area contributed by atoms with Crippen LogP contribution in [0.15, 0.2) is 24.4 Å². The van der Waals surface area contributed by atoms with E-state index in [4.69, 9.17) is 5.11 Å². The van der Waals surface area contributed by atoms with Crippen LogP contribution in [0, 0.1) is 20.2 Å². The first-order chi connectivity index (χ1) is 10.4. The number of aromatic carboxylic acids is 1. The highest BCUT2D eigenvalue weighted by Crippen LogP contribution is 2.35. The number of benzene rings is 1. The Morgan fingerprint density at radius 1 is 1.14 bits per heavy atom. The summed E-state index contributed by atoms with van der Waals surface area (Å²) < 4.78 is 0. The lowest BCUT2D eigenvalue weighted by Gasteiger charge is -1.96. The van der Waals surface area contributed by atoms with E-state index in [2.05, 4.69) is 9.97 Å². The summed E-state index contributed by atoms with van der Waals surface area (Å²) in [4.78, 5) is 37.9. The third-order valence-corrected chi connectivity index (χ3v) is 3.18. The molecule has 0 spiro atoms. The van der Waals surface area contributed by atoms with E-state index in [1.807, 2.05) is 0 Å². The van der Waals surface area contributed by atoms with Crippen LogP contribution >= 0.6 is 0 Å². The smallest absolute Gasteiger partial charge is 0.354 e. The quantitative estimate of drug-likeness (QED) is 0.555. The van der Waals surface area contributed by atoms with Crippen LogP contribution in [0.4, 0.5) is 11.4 Å². The molecular formula is C12H6N4O6. The number of nitro benzene ring substituents is 2. The highest BCUT2D eigenvalue weighted by Gasteiger charge is 2.23. The zero-order valence-corrected chi connectivity index (χ0v) is 10.6. The van der Waals surface area contributed by atoms with Crippen LogP contribution in [0.1, 0.15) is 10.5 Å². The molecule has 0 radical (unpaired) electrons. The van der Waals surface area contributed by atoms with Crippen molar-refractivity contribution in [3.8, 4) is 0 Å². The van der Waals surface area contributed by atoms with Crippen molar-refractivity contribution in [2.75, 3.05) is 0 Å². The molecule has 2 heterocycles. The van der Waals surface area contributed by atoms with Gasteiger partial charge in [0.05, 0.1) is 27.6 Å². The first kappa shape index (κ1) is 13.4. The van der Waals surface area contributed by atoms with Crippen LogP contribution in [-0.4, -0.2) is 30.9 Å². The minimum absolute atomic E-state index is 0.0786. The second-order valence-electron chi connectivity index (χ2n) is 4.45. The zero-order valence-electron chi connectivity index (χ0n) is 10.6. The molecular weight excluding hydrogens is 296 g/mol. The van der Waals surface area contributed by atoms with Crippen molar-refractivity contribution >= 4 is 39.1 Å². The molecule has 10 nitrogen and oxygen atoms in total. The van der Waals surface area contributed by atoms with Crippen molar-refractivity contribution in [1.29, 1.82) is 0 Å². The molecule has 0 bridgehead atoms. The number of pyridine rings is 1. The molecule has 1 aromatic carbocycles.